The molecule has 1 atom stereocenters. The van der Waals surface area contributed by atoms with Gasteiger partial charge in [0.15, 0.2) is 0 Å². The fourth-order valence-corrected chi connectivity index (χ4v) is 3.55. The van der Waals surface area contributed by atoms with Gasteiger partial charge >= 0.3 is 0 Å². The summed E-state index contributed by atoms with van der Waals surface area (Å²) in [5.74, 6) is 0.944. The van der Waals surface area contributed by atoms with Crippen LogP contribution >= 0.6 is 0 Å². The molecule has 1 aliphatic rings. The molecule has 0 aliphatic carbocycles. The minimum absolute atomic E-state index is 0.133. The normalized spacial score (nSPS) is 22.8. The predicted molar refractivity (Wildman–Crippen MR) is 85.7 cm³/mol. The van der Waals surface area contributed by atoms with Gasteiger partial charge in [-0.05, 0) is 38.1 Å². The molecule has 1 amide bonds. The van der Waals surface area contributed by atoms with E-state index in [0.717, 1.165) is 51.7 Å². The van der Waals surface area contributed by atoms with Crippen molar-refractivity contribution in [3.05, 3.63) is 0 Å². The summed E-state index contributed by atoms with van der Waals surface area (Å²) in [7, 11) is 0. The van der Waals surface area contributed by atoms with Crippen LogP contribution in [-0.2, 0) is 4.79 Å². The van der Waals surface area contributed by atoms with Crippen molar-refractivity contribution in [3.8, 4) is 0 Å². The summed E-state index contributed by atoms with van der Waals surface area (Å²) in [5.41, 5.74) is -0.133. The van der Waals surface area contributed by atoms with Crippen LogP contribution in [0.1, 0.15) is 66.7 Å². The van der Waals surface area contributed by atoms with Crippen molar-refractivity contribution in [1.29, 1.82) is 0 Å². The quantitative estimate of drug-likeness (QED) is 0.739. The van der Waals surface area contributed by atoms with E-state index in [1.165, 1.54) is 0 Å². The molecule has 118 valence electrons. The van der Waals surface area contributed by atoms with E-state index in [0.29, 0.717) is 17.9 Å². The Hall–Kier alpha value is -0.570. The number of amides is 1. The van der Waals surface area contributed by atoms with Crippen molar-refractivity contribution in [2.75, 3.05) is 19.6 Å². The molecule has 20 heavy (non-hydrogen) atoms. The van der Waals surface area contributed by atoms with Crippen LogP contribution in [0.5, 0.6) is 0 Å². The van der Waals surface area contributed by atoms with E-state index in [1.54, 1.807) is 0 Å². The Labute approximate surface area is 125 Å². The van der Waals surface area contributed by atoms with Crippen LogP contribution in [0.4, 0.5) is 0 Å². The smallest absolute Gasteiger partial charge is 0.230 e. The fourth-order valence-electron chi connectivity index (χ4n) is 3.55. The fraction of sp³-hybridized carbons (Fsp3) is 0.941. The van der Waals surface area contributed by atoms with Gasteiger partial charge in [0.25, 0.3) is 0 Å². The minimum atomic E-state index is -0.133. The average Bonchev–Trinajstić information content (AvgIpc) is 2.88. The topological polar surface area (TPSA) is 32.3 Å². The Bertz CT molecular complexity index is 291. The molecule has 3 heteroatoms. The lowest BCUT2D eigenvalue weighted by Crippen LogP contribution is -2.50. The van der Waals surface area contributed by atoms with Crippen molar-refractivity contribution in [2.45, 2.75) is 72.8 Å². The zero-order valence-corrected chi connectivity index (χ0v) is 14.2. The first-order chi connectivity index (χ1) is 9.50. The molecular formula is C17H34N2O. The molecule has 3 nitrogen and oxygen atoms in total. The molecule has 0 saturated carbocycles. The lowest BCUT2D eigenvalue weighted by atomic mass is 9.80. The van der Waals surface area contributed by atoms with E-state index >= 15 is 0 Å². The van der Waals surface area contributed by atoms with Crippen molar-refractivity contribution in [1.82, 2.24) is 10.2 Å². The molecule has 0 aromatic carbocycles. The third-order valence-electron chi connectivity index (χ3n) is 4.63. The van der Waals surface area contributed by atoms with Crippen LogP contribution in [0.2, 0.25) is 0 Å². The molecule has 0 bridgehead atoms. The first kappa shape index (κ1) is 17.5. The van der Waals surface area contributed by atoms with Crippen LogP contribution in [0.3, 0.4) is 0 Å². The number of carbonyl (C=O) groups is 1. The molecule has 1 N–H and O–H groups in total. The van der Waals surface area contributed by atoms with Gasteiger partial charge in [-0.25, -0.2) is 0 Å². The third kappa shape index (κ3) is 3.97. The number of rotatable bonds is 8. The Balaban J connectivity index is 2.95. The summed E-state index contributed by atoms with van der Waals surface area (Å²) in [6, 6.07) is 0.402. The molecule has 0 aromatic heterocycles. The Morgan fingerprint density at radius 3 is 2.30 bits per heavy atom. The summed E-state index contributed by atoms with van der Waals surface area (Å²) in [6.07, 6.45) is 5.24. The molecule has 1 rings (SSSR count). The summed E-state index contributed by atoms with van der Waals surface area (Å²) in [5, 5.41) is 3.41. The molecular weight excluding hydrogens is 248 g/mol. The van der Waals surface area contributed by atoms with Gasteiger partial charge in [0, 0.05) is 19.1 Å². The molecule has 0 spiro atoms. The summed E-state index contributed by atoms with van der Waals surface area (Å²) in [4.78, 5) is 15.4. The van der Waals surface area contributed by atoms with Gasteiger partial charge in [-0.1, -0.05) is 41.0 Å². The summed E-state index contributed by atoms with van der Waals surface area (Å²) in [6.45, 7) is 13.8. The molecule has 1 heterocycles. The maximum absolute atomic E-state index is 13.2. The summed E-state index contributed by atoms with van der Waals surface area (Å²) >= 11 is 0. The van der Waals surface area contributed by atoms with Crippen molar-refractivity contribution < 1.29 is 4.79 Å². The van der Waals surface area contributed by atoms with E-state index in [-0.39, 0.29) is 5.41 Å². The zero-order chi connectivity index (χ0) is 15.2. The number of nitrogens with one attached hydrogen (secondary N) is 1. The van der Waals surface area contributed by atoms with Gasteiger partial charge in [-0.2, -0.15) is 0 Å². The monoisotopic (exact) mass is 282 g/mol. The van der Waals surface area contributed by atoms with E-state index in [4.69, 9.17) is 0 Å². The highest BCUT2D eigenvalue weighted by molar-refractivity contribution is 5.83. The van der Waals surface area contributed by atoms with Gasteiger partial charge in [-0.3, -0.25) is 4.79 Å². The number of hydrogen-bond donors (Lipinski definition) is 1. The molecule has 0 radical (unpaired) electrons. The van der Waals surface area contributed by atoms with E-state index in [1.807, 2.05) is 0 Å². The van der Waals surface area contributed by atoms with Crippen LogP contribution < -0.4 is 5.32 Å². The number of hydrogen-bond acceptors (Lipinski definition) is 2. The Kier molecular flexibility index (Phi) is 7.01. The van der Waals surface area contributed by atoms with Crippen molar-refractivity contribution in [3.63, 3.8) is 0 Å². The SMILES string of the molecule is CCCC1(C(=O)N(CC(C)C)C(CC)CC)CCNC1. The third-order valence-corrected chi connectivity index (χ3v) is 4.63. The zero-order valence-electron chi connectivity index (χ0n) is 14.2. The maximum Gasteiger partial charge on any atom is 0.230 e. The van der Waals surface area contributed by atoms with Crippen LogP contribution in [0.15, 0.2) is 0 Å². The first-order valence-corrected chi connectivity index (χ1v) is 8.52. The van der Waals surface area contributed by atoms with Crippen LogP contribution in [0, 0.1) is 11.3 Å². The van der Waals surface area contributed by atoms with E-state index < -0.39 is 0 Å². The predicted octanol–water partition coefficient (Wildman–Crippen LogP) is 3.44. The lowest BCUT2D eigenvalue weighted by Gasteiger charge is -2.39. The van der Waals surface area contributed by atoms with E-state index in [2.05, 4.69) is 44.8 Å². The van der Waals surface area contributed by atoms with Gasteiger partial charge in [0.1, 0.15) is 0 Å². The Morgan fingerprint density at radius 2 is 1.90 bits per heavy atom. The van der Waals surface area contributed by atoms with E-state index in [9.17, 15) is 4.79 Å². The molecule has 1 fully saturated rings. The highest BCUT2D eigenvalue weighted by atomic mass is 16.2. The Morgan fingerprint density at radius 1 is 1.25 bits per heavy atom. The second-order valence-electron chi connectivity index (χ2n) is 6.78. The second kappa shape index (κ2) is 8.02. The van der Waals surface area contributed by atoms with Gasteiger partial charge in [-0.15, -0.1) is 0 Å². The van der Waals surface area contributed by atoms with Crippen LogP contribution in [-0.4, -0.2) is 36.5 Å². The largest absolute Gasteiger partial charge is 0.339 e. The minimum Gasteiger partial charge on any atom is -0.339 e. The first-order valence-electron chi connectivity index (χ1n) is 8.52. The average molecular weight is 282 g/mol. The molecule has 0 aromatic rings. The molecule has 1 unspecified atom stereocenters. The van der Waals surface area contributed by atoms with Gasteiger partial charge in [0.2, 0.25) is 5.91 Å². The van der Waals surface area contributed by atoms with Crippen LogP contribution in [0.25, 0.3) is 0 Å². The van der Waals surface area contributed by atoms with Crippen molar-refractivity contribution >= 4 is 5.91 Å². The summed E-state index contributed by atoms with van der Waals surface area (Å²) < 4.78 is 0. The maximum atomic E-state index is 13.2. The second-order valence-corrected chi connectivity index (χ2v) is 6.78. The van der Waals surface area contributed by atoms with Gasteiger partial charge in [0.05, 0.1) is 5.41 Å². The molecule has 1 aliphatic heterocycles. The number of nitrogens with zero attached hydrogens (tertiary/aromatic N) is 1. The highest BCUT2D eigenvalue weighted by Gasteiger charge is 2.43. The number of carbonyl (C=O) groups excluding carboxylic acids is 1. The lowest BCUT2D eigenvalue weighted by molar-refractivity contribution is -0.145. The standard InChI is InChI=1S/C17H34N2O/c1-6-9-17(10-11-18-13-17)16(20)19(12-14(4)5)15(7-2)8-3/h14-15,18H,6-13H2,1-5H3. The highest BCUT2D eigenvalue weighted by Crippen LogP contribution is 2.34. The molecule has 1 saturated heterocycles. The van der Waals surface area contributed by atoms with Gasteiger partial charge < -0.3 is 10.2 Å². The van der Waals surface area contributed by atoms with Crippen molar-refractivity contribution in [2.24, 2.45) is 11.3 Å².